The van der Waals surface area contributed by atoms with E-state index in [2.05, 4.69) is 0 Å². The normalized spacial score (nSPS) is 12.4. The quantitative estimate of drug-likeness (QED) is 0.436. The molecule has 1 N–H and O–H groups in total. The van der Waals surface area contributed by atoms with Gasteiger partial charge in [-0.3, -0.25) is 0 Å². The fraction of sp³-hybridized carbons (Fsp3) is 0.409. The van der Waals surface area contributed by atoms with E-state index in [1.807, 2.05) is 19.1 Å². The molecule has 0 aliphatic rings. The first kappa shape index (κ1) is 24.9. The van der Waals surface area contributed by atoms with Crippen molar-refractivity contribution in [3.05, 3.63) is 53.6 Å². The molecule has 0 saturated carbocycles. The van der Waals surface area contributed by atoms with Crippen molar-refractivity contribution in [3.63, 3.8) is 0 Å². The third kappa shape index (κ3) is 8.70. The zero-order chi connectivity index (χ0) is 22.9. The summed E-state index contributed by atoms with van der Waals surface area (Å²) >= 11 is 1.61. The SMILES string of the molecule is COCCC(COc1ccc(C(F)(F)F)cc1)CSc1ccc(OCC(=O)O)c(C)c1. The van der Waals surface area contributed by atoms with Crippen molar-refractivity contribution in [2.75, 3.05) is 32.7 Å². The van der Waals surface area contributed by atoms with Gasteiger partial charge in [0.2, 0.25) is 0 Å². The third-order valence-corrected chi connectivity index (χ3v) is 5.61. The van der Waals surface area contributed by atoms with Crippen LogP contribution in [-0.2, 0) is 15.7 Å². The van der Waals surface area contributed by atoms with Gasteiger partial charge >= 0.3 is 12.1 Å². The number of aliphatic carboxylic acids is 1. The van der Waals surface area contributed by atoms with Gasteiger partial charge in [-0.15, -0.1) is 11.8 Å². The molecule has 0 amide bonds. The van der Waals surface area contributed by atoms with E-state index in [1.165, 1.54) is 12.1 Å². The first-order chi connectivity index (χ1) is 14.7. The highest BCUT2D eigenvalue weighted by Gasteiger charge is 2.30. The maximum Gasteiger partial charge on any atom is 0.416 e. The number of benzene rings is 2. The Morgan fingerprint density at radius 2 is 1.84 bits per heavy atom. The van der Waals surface area contributed by atoms with Crippen LogP contribution < -0.4 is 9.47 Å². The van der Waals surface area contributed by atoms with E-state index in [9.17, 15) is 18.0 Å². The number of ether oxygens (including phenoxy) is 3. The van der Waals surface area contributed by atoms with E-state index >= 15 is 0 Å². The zero-order valence-electron chi connectivity index (χ0n) is 17.3. The molecule has 5 nitrogen and oxygen atoms in total. The maximum atomic E-state index is 12.7. The number of hydrogen-bond acceptors (Lipinski definition) is 5. The lowest BCUT2D eigenvalue weighted by Gasteiger charge is -2.18. The molecule has 0 fully saturated rings. The average molecular weight is 458 g/mol. The third-order valence-electron chi connectivity index (χ3n) is 4.38. The summed E-state index contributed by atoms with van der Waals surface area (Å²) in [4.78, 5) is 11.6. The average Bonchev–Trinajstić information content (AvgIpc) is 2.72. The van der Waals surface area contributed by atoms with Crippen LogP contribution in [0.4, 0.5) is 13.2 Å². The summed E-state index contributed by atoms with van der Waals surface area (Å²) < 4.78 is 54.1. The number of hydrogen-bond donors (Lipinski definition) is 1. The van der Waals surface area contributed by atoms with Crippen molar-refractivity contribution < 1.29 is 37.3 Å². The number of carboxylic acids is 1. The summed E-state index contributed by atoms with van der Waals surface area (Å²) in [5, 5.41) is 8.72. The molecule has 0 aliphatic carbocycles. The van der Waals surface area contributed by atoms with Crippen LogP contribution in [0.3, 0.4) is 0 Å². The van der Waals surface area contributed by atoms with Gasteiger partial charge in [-0.2, -0.15) is 13.2 Å². The van der Waals surface area contributed by atoms with E-state index in [1.54, 1.807) is 24.9 Å². The minimum absolute atomic E-state index is 0.121. The fourth-order valence-corrected chi connectivity index (χ4v) is 3.80. The van der Waals surface area contributed by atoms with Gasteiger partial charge in [0.25, 0.3) is 0 Å². The number of aryl methyl sites for hydroxylation is 1. The smallest absolute Gasteiger partial charge is 0.416 e. The highest BCUT2D eigenvalue weighted by Crippen LogP contribution is 2.31. The molecule has 0 saturated heterocycles. The lowest BCUT2D eigenvalue weighted by molar-refractivity contribution is -0.139. The maximum absolute atomic E-state index is 12.7. The highest BCUT2D eigenvalue weighted by atomic mass is 32.2. The second-order valence-corrected chi connectivity index (χ2v) is 7.99. The van der Waals surface area contributed by atoms with Gasteiger partial charge in [0.05, 0.1) is 12.2 Å². The first-order valence-electron chi connectivity index (χ1n) is 9.56. The molecule has 1 atom stereocenters. The topological polar surface area (TPSA) is 65.0 Å². The van der Waals surface area contributed by atoms with Crippen molar-refractivity contribution in [2.24, 2.45) is 5.92 Å². The van der Waals surface area contributed by atoms with Gasteiger partial charge in [-0.05, 0) is 61.4 Å². The Kier molecular flexibility index (Phi) is 9.51. The Morgan fingerprint density at radius 1 is 1.13 bits per heavy atom. The lowest BCUT2D eigenvalue weighted by Crippen LogP contribution is -2.17. The van der Waals surface area contributed by atoms with E-state index in [-0.39, 0.29) is 5.92 Å². The predicted octanol–water partition coefficient (Wildman–Crippen LogP) is 5.30. The molecule has 2 aromatic carbocycles. The monoisotopic (exact) mass is 458 g/mol. The Bertz CT molecular complexity index is 840. The number of carboxylic acid groups (broad SMARTS) is 1. The summed E-state index contributed by atoms with van der Waals surface area (Å²) in [5.41, 5.74) is 0.123. The summed E-state index contributed by atoms with van der Waals surface area (Å²) in [6, 6.07) is 10.2. The van der Waals surface area contributed by atoms with E-state index < -0.39 is 24.3 Å². The van der Waals surface area contributed by atoms with Crippen molar-refractivity contribution in [1.82, 2.24) is 0 Å². The van der Waals surface area contributed by atoms with Crippen LogP contribution in [-0.4, -0.2) is 43.8 Å². The van der Waals surface area contributed by atoms with Crippen molar-refractivity contribution in [1.29, 1.82) is 0 Å². The van der Waals surface area contributed by atoms with E-state index in [4.69, 9.17) is 19.3 Å². The molecule has 0 spiro atoms. The number of carbonyl (C=O) groups is 1. The molecule has 2 rings (SSSR count). The highest BCUT2D eigenvalue weighted by molar-refractivity contribution is 7.99. The van der Waals surface area contributed by atoms with Crippen molar-refractivity contribution >= 4 is 17.7 Å². The number of rotatable bonds is 12. The van der Waals surface area contributed by atoms with Gasteiger partial charge in [-0.25, -0.2) is 4.79 Å². The van der Waals surface area contributed by atoms with E-state index in [0.717, 1.165) is 34.8 Å². The molecular weight excluding hydrogens is 433 g/mol. The van der Waals surface area contributed by atoms with Crippen molar-refractivity contribution in [2.45, 2.75) is 24.4 Å². The van der Waals surface area contributed by atoms with Gasteiger partial charge < -0.3 is 19.3 Å². The Balaban J connectivity index is 1.92. The molecule has 0 heterocycles. The minimum Gasteiger partial charge on any atom is -0.493 e. The summed E-state index contributed by atoms with van der Waals surface area (Å²) in [6.07, 6.45) is -3.63. The van der Waals surface area contributed by atoms with Crippen LogP contribution in [0, 0.1) is 12.8 Å². The number of thioether (sulfide) groups is 1. The summed E-state index contributed by atoms with van der Waals surface area (Å²) in [6.45, 7) is 2.34. The minimum atomic E-state index is -4.37. The molecule has 1 unspecified atom stereocenters. The molecule has 0 bridgehead atoms. The second-order valence-electron chi connectivity index (χ2n) is 6.90. The fourth-order valence-electron chi connectivity index (χ4n) is 2.68. The summed E-state index contributed by atoms with van der Waals surface area (Å²) in [7, 11) is 1.61. The Morgan fingerprint density at radius 3 is 2.42 bits per heavy atom. The zero-order valence-corrected chi connectivity index (χ0v) is 18.1. The molecule has 31 heavy (non-hydrogen) atoms. The van der Waals surface area contributed by atoms with Crippen LogP contribution in [0.25, 0.3) is 0 Å². The van der Waals surface area contributed by atoms with Crippen LogP contribution in [0.2, 0.25) is 0 Å². The molecule has 0 aromatic heterocycles. The number of methoxy groups -OCH3 is 1. The molecule has 0 aliphatic heterocycles. The van der Waals surface area contributed by atoms with Crippen LogP contribution in [0.1, 0.15) is 17.5 Å². The first-order valence-corrected chi connectivity index (χ1v) is 10.5. The molecule has 9 heteroatoms. The van der Waals surface area contributed by atoms with Gasteiger partial charge in [0.15, 0.2) is 6.61 Å². The standard InChI is InChI=1S/C22H25F3O5S/c1-15-11-19(7-8-20(15)30-13-21(26)27)31-14-16(9-10-28-2)12-29-18-5-3-17(4-6-18)22(23,24)25/h3-8,11,16H,9-10,12-14H2,1-2H3,(H,26,27). The number of alkyl halides is 3. The Labute approximate surface area is 183 Å². The van der Waals surface area contributed by atoms with Gasteiger partial charge in [0.1, 0.15) is 11.5 Å². The van der Waals surface area contributed by atoms with Crippen molar-refractivity contribution in [3.8, 4) is 11.5 Å². The van der Waals surface area contributed by atoms with Gasteiger partial charge in [0, 0.05) is 30.3 Å². The van der Waals surface area contributed by atoms with Gasteiger partial charge in [-0.1, -0.05) is 0 Å². The molecule has 0 radical (unpaired) electrons. The van der Waals surface area contributed by atoms with Crippen LogP contribution >= 0.6 is 11.8 Å². The lowest BCUT2D eigenvalue weighted by atomic mass is 10.1. The second kappa shape index (κ2) is 11.9. The number of halogens is 3. The molecule has 170 valence electrons. The van der Waals surface area contributed by atoms with Crippen LogP contribution in [0.15, 0.2) is 47.4 Å². The molecule has 2 aromatic rings. The van der Waals surface area contributed by atoms with Crippen LogP contribution in [0.5, 0.6) is 11.5 Å². The predicted molar refractivity (Wildman–Crippen MR) is 112 cm³/mol. The Hall–Kier alpha value is -2.39. The largest absolute Gasteiger partial charge is 0.493 e. The summed E-state index contributed by atoms with van der Waals surface area (Å²) in [5.74, 6) is 0.713. The molecular formula is C22H25F3O5S. The van der Waals surface area contributed by atoms with E-state index in [0.29, 0.717) is 24.7 Å².